The van der Waals surface area contributed by atoms with Crippen molar-refractivity contribution in [1.82, 2.24) is 0 Å². The van der Waals surface area contributed by atoms with Gasteiger partial charge in [-0.2, -0.15) is 0 Å². The number of benzene rings is 2. The Morgan fingerprint density at radius 1 is 0.905 bits per heavy atom. The number of carbonyl (C=O) groups is 1. The van der Waals surface area contributed by atoms with Gasteiger partial charge in [-0.1, -0.05) is 42.5 Å². The van der Waals surface area contributed by atoms with Crippen molar-refractivity contribution in [1.29, 1.82) is 0 Å². The van der Waals surface area contributed by atoms with Crippen LogP contribution in [-0.4, -0.2) is 5.91 Å². The van der Waals surface area contributed by atoms with Crippen LogP contribution >= 0.6 is 0 Å². The van der Waals surface area contributed by atoms with Crippen LogP contribution in [0.25, 0.3) is 5.57 Å². The largest absolute Gasteiger partial charge is 0.321 e. The fourth-order valence-corrected chi connectivity index (χ4v) is 2.74. The summed E-state index contributed by atoms with van der Waals surface area (Å²) < 4.78 is 0. The maximum atomic E-state index is 12.3. The van der Waals surface area contributed by atoms with E-state index >= 15 is 0 Å². The van der Waals surface area contributed by atoms with Gasteiger partial charge in [0.1, 0.15) is 0 Å². The summed E-state index contributed by atoms with van der Waals surface area (Å²) in [5, 5.41) is 3.04. The second-order valence-electron chi connectivity index (χ2n) is 5.34. The summed E-state index contributed by atoms with van der Waals surface area (Å²) in [5.41, 5.74) is 4.09. The predicted octanol–water partition coefficient (Wildman–Crippen LogP) is 4.90. The number of anilines is 1. The van der Waals surface area contributed by atoms with Gasteiger partial charge in [0, 0.05) is 16.8 Å². The minimum atomic E-state index is -0.0561. The van der Waals surface area contributed by atoms with Crippen LogP contribution in [0, 0.1) is 0 Å². The third-order valence-corrected chi connectivity index (χ3v) is 3.85. The Morgan fingerprint density at radius 3 is 2.43 bits per heavy atom. The monoisotopic (exact) mass is 277 g/mol. The topological polar surface area (TPSA) is 29.1 Å². The average Bonchev–Trinajstić information content (AvgIpc) is 2.57. The zero-order valence-corrected chi connectivity index (χ0v) is 12.0. The zero-order valence-electron chi connectivity index (χ0n) is 12.0. The van der Waals surface area contributed by atoms with Crippen LogP contribution in [0.5, 0.6) is 0 Å². The Kier molecular flexibility index (Phi) is 4.15. The highest BCUT2D eigenvalue weighted by molar-refractivity contribution is 6.05. The van der Waals surface area contributed by atoms with Crippen LogP contribution in [0.1, 0.15) is 41.6 Å². The molecule has 1 aliphatic rings. The summed E-state index contributed by atoms with van der Waals surface area (Å²) in [6.45, 7) is 0. The van der Waals surface area contributed by atoms with Crippen LogP contribution in [0.2, 0.25) is 0 Å². The van der Waals surface area contributed by atoms with Crippen LogP contribution < -0.4 is 5.32 Å². The molecule has 0 radical (unpaired) electrons. The molecule has 0 saturated carbocycles. The fraction of sp³-hybridized carbons (Fsp3) is 0.211. The molecule has 1 N–H and O–H groups in total. The summed E-state index contributed by atoms with van der Waals surface area (Å²) in [6.07, 6.45) is 7.03. The lowest BCUT2D eigenvalue weighted by atomic mass is 9.92. The van der Waals surface area contributed by atoms with Crippen LogP contribution in [0.4, 0.5) is 5.69 Å². The van der Waals surface area contributed by atoms with Crippen molar-refractivity contribution in [2.75, 3.05) is 5.32 Å². The molecular weight excluding hydrogens is 258 g/mol. The number of para-hydroxylation sites is 1. The van der Waals surface area contributed by atoms with Crippen molar-refractivity contribution in [3.8, 4) is 0 Å². The fourth-order valence-electron chi connectivity index (χ4n) is 2.74. The Morgan fingerprint density at radius 2 is 1.67 bits per heavy atom. The number of rotatable bonds is 3. The standard InChI is InChI=1S/C19H19NO/c21-19(16-11-5-2-6-12-16)20-18-14-8-7-13-17(18)15-9-3-1-4-10-15/h2,5-9,11-14H,1,3-4,10H2,(H,20,21). The predicted molar refractivity (Wildman–Crippen MR) is 87.3 cm³/mol. The smallest absolute Gasteiger partial charge is 0.255 e. The number of hydrogen-bond donors (Lipinski definition) is 1. The number of nitrogens with one attached hydrogen (secondary N) is 1. The van der Waals surface area contributed by atoms with Gasteiger partial charge >= 0.3 is 0 Å². The number of amides is 1. The van der Waals surface area contributed by atoms with Crippen LogP contribution in [-0.2, 0) is 0 Å². The van der Waals surface area contributed by atoms with Gasteiger partial charge in [-0.25, -0.2) is 0 Å². The van der Waals surface area contributed by atoms with E-state index in [1.807, 2.05) is 48.5 Å². The molecule has 0 bridgehead atoms. The molecule has 0 fully saturated rings. The highest BCUT2D eigenvalue weighted by atomic mass is 16.1. The highest BCUT2D eigenvalue weighted by Gasteiger charge is 2.12. The van der Waals surface area contributed by atoms with E-state index in [4.69, 9.17) is 0 Å². The van der Waals surface area contributed by atoms with E-state index in [2.05, 4.69) is 17.5 Å². The lowest BCUT2D eigenvalue weighted by molar-refractivity contribution is 0.102. The first-order chi connectivity index (χ1) is 10.3. The van der Waals surface area contributed by atoms with E-state index in [9.17, 15) is 4.79 Å². The lowest BCUT2D eigenvalue weighted by Gasteiger charge is -2.17. The van der Waals surface area contributed by atoms with Gasteiger partial charge in [0.05, 0.1) is 0 Å². The zero-order chi connectivity index (χ0) is 14.5. The molecule has 0 aromatic heterocycles. The van der Waals surface area contributed by atoms with E-state index in [1.165, 1.54) is 18.4 Å². The van der Waals surface area contributed by atoms with Gasteiger partial charge in [0.2, 0.25) is 0 Å². The summed E-state index contributed by atoms with van der Waals surface area (Å²) in [5.74, 6) is -0.0561. The van der Waals surface area contributed by atoms with E-state index in [0.29, 0.717) is 5.56 Å². The number of allylic oxidation sites excluding steroid dienone is 2. The molecule has 21 heavy (non-hydrogen) atoms. The van der Waals surface area contributed by atoms with E-state index in [0.717, 1.165) is 24.1 Å². The Labute approximate surface area is 125 Å². The molecule has 2 aromatic carbocycles. The Hall–Kier alpha value is -2.35. The maximum Gasteiger partial charge on any atom is 0.255 e. The summed E-state index contributed by atoms with van der Waals surface area (Å²) in [7, 11) is 0. The second kappa shape index (κ2) is 6.40. The third-order valence-electron chi connectivity index (χ3n) is 3.85. The number of hydrogen-bond acceptors (Lipinski definition) is 1. The third kappa shape index (κ3) is 3.22. The van der Waals surface area contributed by atoms with Gasteiger partial charge < -0.3 is 5.32 Å². The second-order valence-corrected chi connectivity index (χ2v) is 5.34. The van der Waals surface area contributed by atoms with Gasteiger partial charge in [-0.05, 0) is 49.5 Å². The van der Waals surface area contributed by atoms with Gasteiger partial charge in [-0.3, -0.25) is 4.79 Å². The molecule has 1 aliphatic carbocycles. The Bertz CT molecular complexity index is 658. The van der Waals surface area contributed by atoms with Crippen LogP contribution in [0.15, 0.2) is 60.7 Å². The summed E-state index contributed by atoms with van der Waals surface area (Å²) in [4.78, 5) is 12.3. The van der Waals surface area contributed by atoms with E-state index in [1.54, 1.807) is 0 Å². The molecular formula is C19H19NO. The van der Waals surface area contributed by atoms with Crippen molar-refractivity contribution in [3.63, 3.8) is 0 Å². The molecule has 2 aromatic rings. The molecule has 2 nitrogen and oxygen atoms in total. The van der Waals surface area contributed by atoms with Gasteiger partial charge in [0.15, 0.2) is 0 Å². The molecule has 0 aliphatic heterocycles. The molecule has 0 heterocycles. The molecule has 1 amide bonds. The minimum absolute atomic E-state index is 0.0561. The summed E-state index contributed by atoms with van der Waals surface area (Å²) >= 11 is 0. The van der Waals surface area contributed by atoms with Crippen molar-refractivity contribution in [2.45, 2.75) is 25.7 Å². The molecule has 0 unspecified atom stereocenters. The first-order valence-electron chi connectivity index (χ1n) is 7.49. The van der Waals surface area contributed by atoms with Gasteiger partial charge in [0.25, 0.3) is 5.91 Å². The minimum Gasteiger partial charge on any atom is -0.321 e. The summed E-state index contributed by atoms with van der Waals surface area (Å²) in [6, 6.07) is 17.4. The maximum absolute atomic E-state index is 12.3. The highest BCUT2D eigenvalue weighted by Crippen LogP contribution is 2.31. The molecule has 2 heteroatoms. The molecule has 0 atom stereocenters. The number of carbonyl (C=O) groups excluding carboxylic acids is 1. The van der Waals surface area contributed by atoms with Crippen molar-refractivity contribution in [2.24, 2.45) is 0 Å². The first kappa shape index (κ1) is 13.6. The SMILES string of the molecule is O=C(Nc1ccccc1C1=CCCCC1)c1ccccc1. The van der Waals surface area contributed by atoms with Crippen LogP contribution in [0.3, 0.4) is 0 Å². The van der Waals surface area contributed by atoms with Crippen molar-refractivity contribution >= 4 is 17.2 Å². The quantitative estimate of drug-likeness (QED) is 0.849. The normalized spacial score (nSPS) is 14.4. The lowest BCUT2D eigenvalue weighted by Crippen LogP contribution is -2.13. The molecule has 3 rings (SSSR count). The van der Waals surface area contributed by atoms with Crippen molar-refractivity contribution in [3.05, 3.63) is 71.8 Å². The van der Waals surface area contributed by atoms with Crippen molar-refractivity contribution < 1.29 is 4.79 Å². The van der Waals surface area contributed by atoms with E-state index in [-0.39, 0.29) is 5.91 Å². The Balaban J connectivity index is 1.86. The first-order valence-corrected chi connectivity index (χ1v) is 7.49. The molecule has 106 valence electrons. The van der Waals surface area contributed by atoms with E-state index < -0.39 is 0 Å². The average molecular weight is 277 g/mol. The van der Waals surface area contributed by atoms with Gasteiger partial charge in [-0.15, -0.1) is 0 Å². The molecule has 0 saturated heterocycles. The molecule has 0 spiro atoms.